The summed E-state index contributed by atoms with van der Waals surface area (Å²) in [7, 11) is 0. The van der Waals surface area contributed by atoms with E-state index >= 15 is 0 Å². The molecule has 0 aliphatic carbocycles. The summed E-state index contributed by atoms with van der Waals surface area (Å²) in [5, 5.41) is 8.51. The standard InChI is InChI=1S/C20H30O3/c1-2-3-4-5-9-12-15-18-19(23-18)16-13-10-7-6-8-11-14-17-20(21)22/h3-4,6,8-10,12-13,18-19H,2,5,7,11,14-17H2,1H3,(H,21,22)/b4-3-,8-6-,12-9-,13-10-/t18-,19-/m0/s1. The summed E-state index contributed by atoms with van der Waals surface area (Å²) in [6, 6.07) is 0. The number of ether oxygens (including phenoxy) is 1. The highest BCUT2D eigenvalue weighted by Gasteiger charge is 2.35. The molecule has 23 heavy (non-hydrogen) atoms. The molecule has 0 aromatic rings. The maximum absolute atomic E-state index is 10.3. The van der Waals surface area contributed by atoms with Gasteiger partial charge in [0.05, 0.1) is 12.2 Å². The third-order valence-electron chi connectivity index (χ3n) is 3.63. The Labute approximate surface area is 140 Å². The third kappa shape index (κ3) is 11.6. The van der Waals surface area contributed by atoms with Gasteiger partial charge in [0.15, 0.2) is 0 Å². The molecule has 0 saturated carbocycles. The van der Waals surface area contributed by atoms with Crippen LogP contribution in [0.4, 0.5) is 0 Å². The lowest BCUT2D eigenvalue weighted by Gasteiger charge is -1.90. The van der Waals surface area contributed by atoms with Crippen LogP contribution in [0.1, 0.15) is 58.3 Å². The highest BCUT2D eigenvalue weighted by atomic mass is 16.6. The second-order valence-corrected chi connectivity index (χ2v) is 5.74. The maximum atomic E-state index is 10.3. The number of epoxide rings is 1. The first-order valence-corrected chi connectivity index (χ1v) is 8.71. The Morgan fingerprint density at radius 3 is 2.04 bits per heavy atom. The van der Waals surface area contributed by atoms with Crippen molar-refractivity contribution >= 4 is 5.97 Å². The number of carboxylic acid groups (broad SMARTS) is 1. The number of unbranched alkanes of at least 4 members (excludes halogenated alkanes) is 1. The third-order valence-corrected chi connectivity index (χ3v) is 3.63. The van der Waals surface area contributed by atoms with Gasteiger partial charge in [-0.2, -0.15) is 0 Å². The molecule has 3 heteroatoms. The monoisotopic (exact) mass is 318 g/mol. The van der Waals surface area contributed by atoms with Gasteiger partial charge in [-0.15, -0.1) is 0 Å². The molecule has 0 aromatic heterocycles. The maximum Gasteiger partial charge on any atom is 0.303 e. The lowest BCUT2D eigenvalue weighted by Crippen LogP contribution is -1.92. The summed E-state index contributed by atoms with van der Waals surface area (Å²) in [6.07, 6.45) is 24.9. The molecule has 0 unspecified atom stereocenters. The smallest absolute Gasteiger partial charge is 0.303 e. The van der Waals surface area contributed by atoms with Crippen LogP contribution in [0.3, 0.4) is 0 Å². The number of carbonyl (C=O) groups is 1. The van der Waals surface area contributed by atoms with Gasteiger partial charge in [-0.25, -0.2) is 0 Å². The fourth-order valence-electron chi connectivity index (χ4n) is 2.25. The van der Waals surface area contributed by atoms with E-state index in [2.05, 4.69) is 55.5 Å². The predicted octanol–water partition coefficient (Wildman–Crippen LogP) is 5.20. The van der Waals surface area contributed by atoms with Gasteiger partial charge in [-0.05, 0) is 44.9 Å². The molecule has 2 atom stereocenters. The van der Waals surface area contributed by atoms with E-state index in [0.29, 0.717) is 12.2 Å². The van der Waals surface area contributed by atoms with Gasteiger partial charge >= 0.3 is 5.97 Å². The molecule has 1 rings (SSSR count). The number of hydrogen-bond acceptors (Lipinski definition) is 2. The molecule has 0 radical (unpaired) electrons. The van der Waals surface area contributed by atoms with Crippen molar-refractivity contribution in [3.8, 4) is 0 Å². The van der Waals surface area contributed by atoms with E-state index in [1.54, 1.807) is 0 Å². The van der Waals surface area contributed by atoms with Gasteiger partial charge in [0.1, 0.15) is 0 Å². The molecule has 1 aliphatic heterocycles. The normalized spacial score (nSPS) is 21.3. The Hall–Kier alpha value is -1.61. The molecular weight excluding hydrogens is 288 g/mol. The second kappa shape index (κ2) is 12.9. The zero-order valence-electron chi connectivity index (χ0n) is 14.2. The van der Waals surface area contributed by atoms with Crippen LogP contribution in [0.15, 0.2) is 48.6 Å². The molecule has 3 nitrogen and oxygen atoms in total. The van der Waals surface area contributed by atoms with E-state index in [1.807, 2.05) is 0 Å². The summed E-state index contributed by atoms with van der Waals surface area (Å²) in [4.78, 5) is 10.3. The van der Waals surface area contributed by atoms with Crippen molar-refractivity contribution in [1.29, 1.82) is 0 Å². The minimum atomic E-state index is -0.718. The summed E-state index contributed by atoms with van der Waals surface area (Å²) in [5.74, 6) is -0.718. The van der Waals surface area contributed by atoms with E-state index in [4.69, 9.17) is 9.84 Å². The number of rotatable bonds is 13. The summed E-state index contributed by atoms with van der Waals surface area (Å²) in [6.45, 7) is 2.14. The summed E-state index contributed by atoms with van der Waals surface area (Å²) >= 11 is 0. The second-order valence-electron chi connectivity index (χ2n) is 5.74. The zero-order valence-corrected chi connectivity index (χ0v) is 14.2. The Balaban J connectivity index is 1.95. The Bertz CT molecular complexity index is 432. The van der Waals surface area contributed by atoms with Crippen molar-refractivity contribution in [2.45, 2.75) is 70.5 Å². The fourth-order valence-corrected chi connectivity index (χ4v) is 2.25. The van der Waals surface area contributed by atoms with Crippen molar-refractivity contribution in [1.82, 2.24) is 0 Å². The quantitative estimate of drug-likeness (QED) is 0.288. The van der Waals surface area contributed by atoms with Gasteiger partial charge in [-0.1, -0.05) is 55.5 Å². The molecule has 0 spiro atoms. The molecule has 1 aliphatic rings. The highest BCUT2D eigenvalue weighted by molar-refractivity contribution is 5.66. The number of carboxylic acids is 1. The average molecular weight is 318 g/mol. The van der Waals surface area contributed by atoms with Crippen molar-refractivity contribution < 1.29 is 14.6 Å². The SMILES string of the molecule is CC/C=C\C/C=C\C[C@@H]1O[C@H]1C/C=C\C/C=C\CCCC(=O)O. The van der Waals surface area contributed by atoms with Crippen LogP contribution in [0.5, 0.6) is 0 Å². The molecule has 1 fully saturated rings. The lowest BCUT2D eigenvalue weighted by atomic mass is 10.1. The Morgan fingerprint density at radius 2 is 1.48 bits per heavy atom. The molecular formula is C20H30O3. The van der Waals surface area contributed by atoms with E-state index in [9.17, 15) is 4.79 Å². The number of allylic oxidation sites excluding steroid dienone is 6. The first kappa shape index (κ1) is 19.4. The fraction of sp³-hybridized carbons (Fsp3) is 0.550. The van der Waals surface area contributed by atoms with Crippen molar-refractivity contribution in [3.05, 3.63) is 48.6 Å². The predicted molar refractivity (Wildman–Crippen MR) is 95.5 cm³/mol. The molecule has 0 amide bonds. The van der Waals surface area contributed by atoms with Gasteiger partial charge in [0.2, 0.25) is 0 Å². The highest BCUT2D eigenvalue weighted by Crippen LogP contribution is 2.29. The summed E-state index contributed by atoms with van der Waals surface area (Å²) < 4.78 is 5.63. The minimum absolute atomic E-state index is 0.254. The lowest BCUT2D eigenvalue weighted by molar-refractivity contribution is -0.137. The largest absolute Gasteiger partial charge is 0.481 e. The Morgan fingerprint density at radius 1 is 0.913 bits per heavy atom. The molecule has 0 aromatic carbocycles. The zero-order chi connectivity index (χ0) is 16.8. The number of aliphatic carboxylic acids is 1. The molecule has 1 saturated heterocycles. The van der Waals surface area contributed by atoms with Gasteiger partial charge in [0.25, 0.3) is 0 Å². The minimum Gasteiger partial charge on any atom is -0.481 e. The summed E-state index contributed by atoms with van der Waals surface area (Å²) in [5.41, 5.74) is 0. The Kier molecular flexibility index (Phi) is 10.9. The van der Waals surface area contributed by atoms with Crippen LogP contribution in [-0.2, 0) is 9.53 Å². The van der Waals surface area contributed by atoms with Crippen LogP contribution in [-0.4, -0.2) is 23.3 Å². The number of hydrogen-bond donors (Lipinski definition) is 1. The van der Waals surface area contributed by atoms with E-state index in [0.717, 1.165) is 44.9 Å². The van der Waals surface area contributed by atoms with Crippen LogP contribution in [0.2, 0.25) is 0 Å². The van der Waals surface area contributed by atoms with Gasteiger partial charge in [0, 0.05) is 6.42 Å². The first-order valence-electron chi connectivity index (χ1n) is 8.71. The molecule has 128 valence electrons. The van der Waals surface area contributed by atoms with Crippen LogP contribution in [0.25, 0.3) is 0 Å². The van der Waals surface area contributed by atoms with Gasteiger partial charge in [-0.3, -0.25) is 4.79 Å². The first-order chi connectivity index (χ1) is 11.2. The van der Waals surface area contributed by atoms with E-state index in [-0.39, 0.29) is 6.42 Å². The van der Waals surface area contributed by atoms with Crippen LogP contribution < -0.4 is 0 Å². The molecule has 0 bridgehead atoms. The van der Waals surface area contributed by atoms with Crippen molar-refractivity contribution in [2.24, 2.45) is 0 Å². The molecule has 1 N–H and O–H groups in total. The van der Waals surface area contributed by atoms with Crippen LogP contribution >= 0.6 is 0 Å². The molecule has 1 heterocycles. The van der Waals surface area contributed by atoms with E-state index in [1.165, 1.54) is 0 Å². The van der Waals surface area contributed by atoms with Crippen LogP contribution in [0, 0.1) is 0 Å². The van der Waals surface area contributed by atoms with E-state index < -0.39 is 5.97 Å². The topological polar surface area (TPSA) is 49.8 Å². The van der Waals surface area contributed by atoms with Crippen molar-refractivity contribution in [3.63, 3.8) is 0 Å². The average Bonchev–Trinajstić information content (AvgIpc) is 3.27. The van der Waals surface area contributed by atoms with Gasteiger partial charge < -0.3 is 9.84 Å². The van der Waals surface area contributed by atoms with Crippen molar-refractivity contribution in [2.75, 3.05) is 0 Å².